The molecule has 0 saturated carbocycles. The van der Waals surface area contributed by atoms with E-state index in [0.29, 0.717) is 37.1 Å². The number of phenolic OH excluding ortho intramolecular Hbond substituents is 1. The topological polar surface area (TPSA) is 316 Å². The second kappa shape index (κ2) is 19.2. The summed E-state index contributed by atoms with van der Waals surface area (Å²) in [6, 6.07) is 6.34. The van der Waals surface area contributed by atoms with Crippen molar-refractivity contribution in [2.24, 2.45) is 11.5 Å². The van der Waals surface area contributed by atoms with Crippen molar-refractivity contribution in [3.05, 3.63) is 59.7 Å². The molecule has 2 aliphatic rings. The molecule has 2 unspecified atom stereocenters. The fourth-order valence-corrected chi connectivity index (χ4v) is 7.12. The smallest absolute Gasteiger partial charge is 0.508 e. The minimum atomic E-state index is -4.81. The Kier molecular flexibility index (Phi) is 14.9. The lowest BCUT2D eigenvalue weighted by Gasteiger charge is -2.47. The molecule has 0 radical (unpaired) electrons. The van der Waals surface area contributed by atoms with Crippen LogP contribution in [0.15, 0.2) is 48.5 Å². The van der Waals surface area contributed by atoms with Crippen LogP contribution in [0.2, 0.25) is 0 Å². The van der Waals surface area contributed by atoms with Crippen molar-refractivity contribution in [1.29, 1.82) is 0 Å². The van der Waals surface area contributed by atoms with E-state index in [0.717, 1.165) is 0 Å². The second-order valence-electron chi connectivity index (χ2n) is 13.7. The molecule has 6 amide bonds. The highest BCUT2D eigenvalue weighted by Gasteiger charge is 2.53. The van der Waals surface area contributed by atoms with Gasteiger partial charge in [0.25, 0.3) is 5.91 Å². The summed E-state index contributed by atoms with van der Waals surface area (Å²) in [4.78, 5) is 98.3. The van der Waals surface area contributed by atoms with Gasteiger partial charge in [0.05, 0.1) is 6.61 Å². The predicted molar refractivity (Wildman–Crippen MR) is 198 cm³/mol. The molecule has 0 aromatic heterocycles. The number of hydrogen-bond donors (Lipinski definition) is 10. The zero-order valence-electron chi connectivity index (χ0n) is 30.8. The van der Waals surface area contributed by atoms with E-state index >= 15 is 0 Å². The number of aliphatic hydroxyl groups is 1. The number of phosphoric acid groups is 1. The number of hydrogen-bond acceptors (Lipinski definition) is 12. The molecule has 2 fully saturated rings. The first-order chi connectivity index (χ1) is 26.4. The van der Waals surface area contributed by atoms with E-state index in [9.17, 15) is 43.5 Å². The number of fused-ring (bicyclic) bond motifs is 1. The number of carbonyl (C=O) groups is 6. The van der Waals surface area contributed by atoms with Crippen molar-refractivity contribution in [3.8, 4) is 11.5 Å². The van der Waals surface area contributed by atoms with Crippen molar-refractivity contribution in [1.82, 2.24) is 31.3 Å². The van der Waals surface area contributed by atoms with Crippen molar-refractivity contribution >= 4 is 43.3 Å². The highest BCUT2D eigenvalue weighted by molar-refractivity contribution is 7.46. The van der Waals surface area contributed by atoms with Gasteiger partial charge in [-0.3, -0.25) is 43.6 Å². The van der Waals surface area contributed by atoms with Crippen molar-refractivity contribution < 1.29 is 57.9 Å². The summed E-state index contributed by atoms with van der Waals surface area (Å²) in [7, 11) is -4.81. The van der Waals surface area contributed by atoms with Gasteiger partial charge in [-0.2, -0.15) is 0 Å². The number of primary amides is 1. The molecule has 0 aliphatic carbocycles. The fourth-order valence-electron chi connectivity index (χ4n) is 6.72. The third kappa shape index (κ3) is 11.7. The molecule has 2 heterocycles. The number of nitrogens with one attached hydrogen (secondary N) is 4. The maximum Gasteiger partial charge on any atom is 0.524 e. The Hall–Kier alpha value is -5.11. The molecule has 0 bridgehead atoms. The molecule has 306 valence electrons. The molecule has 2 aromatic rings. The summed E-state index contributed by atoms with van der Waals surface area (Å²) in [5.41, 5.74) is 10.6. The van der Waals surface area contributed by atoms with Crippen LogP contribution in [0.5, 0.6) is 11.5 Å². The van der Waals surface area contributed by atoms with Gasteiger partial charge in [0.2, 0.25) is 29.5 Å². The number of carbonyl (C=O) groups excluding carboxylic acids is 6. The van der Waals surface area contributed by atoms with Crippen LogP contribution >= 0.6 is 7.82 Å². The lowest BCUT2D eigenvalue weighted by Crippen LogP contribution is -2.70. The van der Waals surface area contributed by atoms with Crippen LogP contribution in [0.4, 0.5) is 0 Å². The van der Waals surface area contributed by atoms with Crippen LogP contribution in [0.25, 0.3) is 0 Å². The SMILES string of the molecule is CC(=O)N[C@@H](Cc1ccc(OP(=O)(O)O)cc1)C(=O)NC1(CCCCN)CCN2CC[C@@H](C(=O)N[C@@H](Cc3ccc(O)cc3)C(=O)NC(CO)C(N)=O)N2C1=O. The first-order valence-electron chi connectivity index (χ1n) is 18.0. The van der Waals surface area contributed by atoms with Gasteiger partial charge in [0.1, 0.15) is 41.2 Å². The number of hydrazine groups is 1. The standard InChI is InChI=1S/C35H49N8O12P/c1-21(45)38-27(19-23-6-10-25(11-7-23)55-56(52,53)54)32(49)41-35(13-2-3-15-36)14-17-42-16-12-29(43(42)34(35)51)33(50)39-26(18-22-4-8-24(46)9-5-22)31(48)40-28(20-44)30(37)47/h4-11,26-29,44,46H,2-3,12-20,36H2,1H3,(H2,37,47)(H,38,45)(H,39,50)(H,40,48)(H,41,49)(H2,52,53,54)/t26-,27-,28?,29-,35?/m0/s1. The maximum absolute atomic E-state index is 14.6. The highest BCUT2D eigenvalue weighted by atomic mass is 31.2. The molecule has 5 atom stereocenters. The van der Waals surface area contributed by atoms with E-state index in [1.807, 2.05) is 0 Å². The fraction of sp³-hybridized carbons (Fsp3) is 0.486. The lowest BCUT2D eigenvalue weighted by atomic mass is 9.85. The van der Waals surface area contributed by atoms with Crippen molar-refractivity contribution in [2.45, 2.75) is 81.6 Å². The van der Waals surface area contributed by atoms with Crippen LogP contribution in [-0.4, -0.2) is 121 Å². The van der Waals surface area contributed by atoms with E-state index in [2.05, 4.69) is 25.8 Å². The largest absolute Gasteiger partial charge is 0.524 e. The number of amides is 6. The second-order valence-corrected chi connectivity index (χ2v) is 14.9. The molecule has 21 heteroatoms. The zero-order chi connectivity index (χ0) is 41.2. The van der Waals surface area contributed by atoms with E-state index in [1.54, 1.807) is 5.01 Å². The summed E-state index contributed by atoms with van der Waals surface area (Å²) in [6.07, 6.45) is 1.28. The predicted octanol–water partition coefficient (Wildman–Crippen LogP) is -2.19. The molecule has 20 nitrogen and oxygen atoms in total. The van der Waals surface area contributed by atoms with Gasteiger partial charge >= 0.3 is 7.82 Å². The molecule has 0 spiro atoms. The Morgan fingerprint density at radius 3 is 2.07 bits per heavy atom. The lowest BCUT2D eigenvalue weighted by molar-refractivity contribution is -0.169. The van der Waals surface area contributed by atoms with Gasteiger partial charge in [-0.15, -0.1) is 0 Å². The minimum absolute atomic E-state index is 0.0298. The summed E-state index contributed by atoms with van der Waals surface area (Å²) in [5, 5.41) is 32.8. The van der Waals surface area contributed by atoms with Gasteiger partial charge in [0.15, 0.2) is 0 Å². The first kappa shape index (κ1) is 43.6. The van der Waals surface area contributed by atoms with Gasteiger partial charge in [-0.05, 0) is 74.0 Å². The number of nitrogens with zero attached hydrogens (tertiary/aromatic N) is 2. The zero-order valence-corrected chi connectivity index (χ0v) is 31.7. The van der Waals surface area contributed by atoms with E-state index < -0.39 is 79.6 Å². The van der Waals surface area contributed by atoms with Gasteiger partial charge in [0, 0.05) is 32.9 Å². The molecule has 2 aromatic carbocycles. The quantitative estimate of drug-likeness (QED) is 0.0533. The molecule has 2 saturated heterocycles. The van der Waals surface area contributed by atoms with Crippen LogP contribution in [0.3, 0.4) is 0 Å². The number of nitrogens with two attached hydrogens (primary N) is 2. The molecular weight excluding hydrogens is 755 g/mol. The van der Waals surface area contributed by atoms with Gasteiger partial charge < -0.3 is 47.5 Å². The highest BCUT2D eigenvalue weighted by Crippen LogP contribution is 2.37. The monoisotopic (exact) mass is 804 g/mol. The Morgan fingerprint density at radius 2 is 1.52 bits per heavy atom. The summed E-state index contributed by atoms with van der Waals surface area (Å²) >= 11 is 0. The van der Waals surface area contributed by atoms with Gasteiger partial charge in [-0.25, -0.2) is 9.57 Å². The molecule has 56 heavy (non-hydrogen) atoms. The third-order valence-corrected chi connectivity index (χ3v) is 9.98. The number of unbranched alkanes of at least 4 members (excludes halogenated alkanes) is 1. The van der Waals surface area contributed by atoms with Crippen LogP contribution in [0, 0.1) is 0 Å². The normalized spacial score (nSPS) is 19.9. The van der Waals surface area contributed by atoms with Crippen LogP contribution in [-0.2, 0) is 46.2 Å². The van der Waals surface area contributed by atoms with E-state index in [-0.39, 0.29) is 50.1 Å². The Balaban J connectivity index is 1.58. The summed E-state index contributed by atoms with van der Waals surface area (Å²) in [6.45, 7) is 1.31. The Morgan fingerprint density at radius 1 is 0.911 bits per heavy atom. The van der Waals surface area contributed by atoms with Gasteiger partial charge in [-0.1, -0.05) is 24.3 Å². The van der Waals surface area contributed by atoms with E-state index in [1.165, 1.54) is 60.5 Å². The number of aromatic hydroxyl groups is 1. The third-order valence-electron chi connectivity index (χ3n) is 9.53. The summed E-state index contributed by atoms with van der Waals surface area (Å²) in [5.74, 6) is -4.49. The molecule has 4 rings (SSSR count). The maximum atomic E-state index is 14.6. The number of phenols is 1. The average molecular weight is 805 g/mol. The van der Waals surface area contributed by atoms with Crippen molar-refractivity contribution in [3.63, 3.8) is 0 Å². The number of rotatable bonds is 19. The number of aliphatic hydroxyl groups excluding tert-OH is 1. The van der Waals surface area contributed by atoms with Crippen LogP contribution in [0.1, 0.15) is 50.2 Å². The van der Waals surface area contributed by atoms with Crippen molar-refractivity contribution in [2.75, 3.05) is 26.2 Å². The first-order valence-corrected chi connectivity index (χ1v) is 19.5. The molecule has 12 N–H and O–H groups in total. The minimum Gasteiger partial charge on any atom is -0.508 e. The van der Waals surface area contributed by atoms with Crippen LogP contribution < -0.4 is 37.3 Å². The Bertz CT molecular complexity index is 1790. The number of phosphoric ester groups is 1. The van der Waals surface area contributed by atoms with E-state index in [4.69, 9.17) is 21.3 Å². The Labute approximate surface area is 322 Å². The average Bonchev–Trinajstić information content (AvgIpc) is 3.57. The molecule has 2 aliphatic heterocycles. The molecular formula is C35H49N8O12P. The summed E-state index contributed by atoms with van der Waals surface area (Å²) < 4.78 is 15.8. The number of benzene rings is 2.